The molecule has 0 saturated carbocycles. The second-order valence-electron chi connectivity index (χ2n) is 23.5. The van der Waals surface area contributed by atoms with Crippen LogP contribution in [0, 0.1) is 27.7 Å². The summed E-state index contributed by atoms with van der Waals surface area (Å²) in [6.45, 7) is 46.6. The summed E-state index contributed by atoms with van der Waals surface area (Å²) in [5, 5.41) is 0. The molecule has 0 radical (unpaired) electrons. The Balaban J connectivity index is 1.68. The molecule has 0 saturated heterocycles. The third kappa shape index (κ3) is 9.33. The molecule has 368 valence electrons. The summed E-state index contributed by atoms with van der Waals surface area (Å²) in [6, 6.07) is 39.6. The molecule has 2 aliphatic heterocycles. The molecule has 0 aromatic heterocycles. The zero-order valence-corrected chi connectivity index (χ0v) is 46.6. The predicted octanol–water partition coefficient (Wildman–Crippen LogP) is 20.3. The number of benzene rings is 6. The van der Waals surface area contributed by atoms with Crippen LogP contribution in [0.5, 0.6) is 0 Å². The van der Waals surface area contributed by atoms with Gasteiger partial charge in [0.2, 0.25) is 0 Å². The summed E-state index contributed by atoms with van der Waals surface area (Å²) in [4.78, 5) is 10.6. The normalized spacial score (nSPS) is 14.0. The smallest absolute Gasteiger partial charge is 0.166 e. The fraction of sp³-hybridized carbons (Fsp3) is 0.424. The molecule has 0 unspecified atom stereocenters. The molecule has 8 rings (SSSR count). The summed E-state index contributed by atoms with van der Waals surface area (Å²) < 4.78 is 0. The Morgan fingerprint density at radius 3 is 0.486 bits per heavy atom. The van der Waals surface area contributed by atoms with Gasteiger partial charge in [0.15, 0.2) is 11.6 Å². The molecular formula is C66H84N4. The minimum absolute atomic E-state index is 0.346. The first-order chi connectivity index (χ1) is 32.9. The van der Waals surface area contributed by atoms with E-state index >= 15 is 0 Å². The molecule has 0 amide bonds. The van der Waals surface area contributed by atoms with Crippen LogP contribution in [0.3, 0.4) is 0 Å². The third-order valence-corrected chi connectivity index (χ3v) is 15.4. The molecule has 4 heteroatoms. The molecule has 0 aliphatic carbocycles. The predicted molar refractivity (Wildman–Crippen MR) is 306 cm³/mol. The van der Waals surface area contributed by atoms with E-state index in [9.17, 15) is 0 Å². The first-order valence-corrected chi connectivity index (χ1v) is 26.7. The monoisotopic (exact) mass is 933 g/mol. The summed E-state index contributed by atoms with van der Waals surface area (Å²) >= 11 is 0. The van der Waals surface area contributed by atoms with Crippen molar-refractivity contribution < 1.29 is 0 Å². The van der Waals surface area contributed by atoms with Crippen LogP contribution >= 0.6 is 0 Å². The van der Waals surface area contributed by atoms with Gasteiger partial charge in [-0.2, -0.15) is 0 Å². The quantitative estimate of drug-likeness (QED) is 0.121. The van der Waals surface area contributed by atoms with Crippen molar-refractivity contribution >= 4 is 45.5 Å². The molecule has 6 aromatic rings. The van der Waals surface area contributed by atoms with Crippen LogP contribution in [0.25, 0.3) is 0 Å². The van der Waals surface area contributed by atoms with Crippen LogP contribution in [0.15, 0.2) is 109 Å². The van der Waals surface area contributed by atoms with Gasteiger partial charge in [-0.3, -0.25) is 19.6 Å². The highest BCUT2D eigenvalue weighted by atomic mass is 15.5. The van der Waals surface area contributed by atoms with Gasteiger partial charge in [-0.1, -0.05) is 135 Å². The van der Waals surface area contributed by atoms with E-state index in [4.69, 9.17) is 0 Å². The average molecular weight is 933 g/mol. The fourth-order valence-corrected chi connectivity index (χ4v) is 10.2. The van der Waals surface area contributed by atoms with Crippen molar-refractivity contribution in [2.24, 2.45) is 0 Å². The highest BCUT2D eigenvalue weighted by molar-refractivity contribution is 6.01. The van der Waals surface area contributed by atoms with E-state index in [1.807, 2.05) is 0 Å². The summed E-state index contributed by atoms with van der Waals surface area (Å²) in [7, 11) is 0. The van der Waals surface area contributed by atoms with Gasteiger partial charge in [0.1, 0.15) is 0 Å². The molecule has 6 aromatic carbocycles. The highest BCUT2D eigenvalue weighted by Gasteiger charge is 2.45. The van der Waals surface area contributed by atoms with Gasteiger partial charge in [0.25, 0.3) is 0 Å². The number of aryl methyl sites for hydroxylation is 4. The van der Waals surface area contributed by atoms with Crippen molar-refractivity contribution in [1.82, 2.24) is 0 Å². The molecular weight excluding hydrogens is 849 g/mol. The minimum Gasteiger partial charge on any atom is -0.291 e. The van der Waals surface area contributed by atoms with Gasteiger partial charge in [-0.05, 0) is 215 Å². The Bertz CT molecular complexity index is 2470. The first-order valence-electron chi connectivity index (χ1n) is 26.7. The van der Waals surface area contributed by atoms with Gasteiger partial charge < -0.3 is 0 Å². The standard InChI is InChI=1S/C66H84N4/c1-37(2)49-25-50(38(3)4)30-57(29-49)67-61-21-45(17)46(18)22-62(61)68(58-31-51(39(5)6)26-52(32-58)40(7)8)65(67)66-69(59-33-53(41(9)10)27-54(34-59)42(11)12)63-23-47(19)48(20)24-64(63)70(66)60-35-55(43(13)14)28-56(36-60)44(15)16/h21-44H,1-20H3. The lowest BCUT2D eigenvalue weighted by molar-refractivity contribution is 0.828. The number of fused-ring (bicyclic) bond motifs is 2. The van der Waals surface area contributed by atoms with Gasteiger partial charge in [-0.15, -0.1) is 0 Å². The average Bonchev–Trinajstić information content (AvgIpc) is 3.79. The van der Waals surface area contributed by atoms with Crippen LogP contribution in [0.4, 0.5) is 45.5 Å². The first kappa shape index (κ1) is 50.6. The fourth-order valence-electron chi connectivity index (χ4n) is 10.2. The Morgan fingerprint density at radius 2 is 0.357 bits per heavy atom. The number of hydrogen-bond acceptors (Lipinski definition) is 4. The molecule has 0 spiro atoms. The second-order valence-corrected chi connectivity index (χ2v) is 23.5. The van der Waals surface area contributed by atoms with Crippen molar-refractivity contribution in [3.63, 3.8) is 0 Å². The molecule has 0 N–H and O–H groups in total. The Morgan fingerprint density at radius 1 is 0.214 bits per heavy atom. The van der Waals surface area contributed by atoms with Crippen molar-refractivity contribution in [1.29, 1.82) is 0 Å². The van der Waals surface area contributed by atoms with Gasteiger partial charge in [0.05, 0.1) is 22.7 Å². The van der Waals surface area contributed by atoms with Gasteiger partial charge in [-0.25, -0.2) is 0 Å². The second kappa shape index (κ2) is 19.5. The van der Waals surface area contributed by atoms with Crippen LogP contribution in [-0.2, 0) is 0 Å². The van der Waals surface area contributed by atoms with Crippen molar-refractivity contribution in [2.75, 3.05) is 19.6 Å². The van der Waals surface area contributed by atoms with E-state index in [0.29, 0.717) is 47.3 Å². The van der Waals surface area contributed by atoms with Crippen molar-refractivity contribution in [2.45, 2.75) is 186 Å². The van der Waals surface area contributed by atoms with E-state index in [0.717, 1.165) is 11.6 Å². The van der Waals surface area contributed by atoms with Gasteiger partial charge >= 0.3 is 0 Å². The SMILES string of the molecule is Cc1cc2c(cc1C)N(c1cc(C(C)C)cc(C(C)C)c1)C(=C1N(c3cc(C(C)C)cc(C(C)C)c3)c3cc(C)c(C)cc3N1c1cc(C(C)C)cc(C(C)C)c1)N2c1cc(C(C)C)cc(C(C)C)c1. The van der Waals surface area contributed by atoms with E-state index in [1.54, 1.807) is 0 Å². The largest absolute Gasteiger partial charge is 0.291 e. The number of rotatable bonds is 12. The van der Waals surface area contributed by atoms with E-state index < -0.39 is 0 Å². The molecule has 0 fully saturated rings. The summed E-state index contributed by atoms with van der Waals surface area (Å²) in [5.41, 5.74) is 25.5. The summed E-state index contributed by atoms with van der Waals surface area (Å²) in [6.07, 6.45) is 0. The number of hydrogen-bond donors (Lipinski definition) is 0. The van der Waals surface area contributed by atoms with Crippen molar-refractivity contribution in [3.8, 4) is 0 Å². The van der Waals surface area contributed by atoms with Gasteiger partial charge in [0, 0.05) is 22.7 Å². The lowest BCUT2D eigenvalue weighted by Crippen LogP contribution is -2.34. The number of anilines is 8. The van der Waals surface area contributed by atoms with Crippen LogP contribution in [-0.4, -0.2) is 0 Å². The Kier molecular flexibility index (Phi) is 14.1. The van der Waals surface area contributed by atoms with E-state index in [1.165, 1.54) is 112 Å². The maximum atomic E-state index is 2.66. The van der Waals surface area contributed by atoms with E-state index in [-0.39, 0.29) is 0 Å². The molecule has 2 heterocycles. The molecule has 0 atom stereocenters. The maximum Gasteiger partial charge on any atom is 0.166 e. The van der Waals surface area contributed by atoms with Crippen LogP contribution < -0.4 is 19.6 Å². The molecule has 70 heavy (non-hydrogen) atoms. The van der Waals surface area contributed by atoms with Crippen molar-refractivity contribution in [3.05, 3.63) is 175 Å². The number of nitrogens with zero attached hydrogens (tertiary/aromatic N) is 4. The van der Waals surface area contributed by atoms with E-state index in [2.05, 4.69) is 255 Å². The summed E-state index contributed by atoms with van der Waals surface area (Å²) in [5.74, 6) is 5.02. The molecule has 4 nitrogen and oxygen atoms in total. The molecule has 2 aliphatic rings. The third-order valence-electron chi connectivity index (χ3n) is 15.4. The highest BCUT2D eigenvalue weighted by Crippen LogP contribution is 2.59. The lowest BCUT2D eigenvalue weighted by atomic mass is 9.94. The topological polar surface area (TPSA) is 13.0 Å². The van der Waals surface area contributed by atoms with Crippen LogP contribution in [0.2, 0.25) is 0 Å². The Hall–Kier alpha value is -5.74. The Labute approximate surface area is 424 Å². The minimum atomic E-state index is 0.346. The lowest BCUT2D eigenvalue weighted by Gasteiger charge is -2.35. The van der Waals surface area contributed by atoms with Crippen LogP contribution in [0.1, 0.15) is 225 Å². The zero-order valence-electron chi connectivity index (χ0n) is 46.6. The maximum absolute atomic E-state index is 2.66. The molecule has 0 bridgehead atoms. The zero-order chi connectivity index (χ0) is 50.9.